The summed E-state index contributed by atoms with van der Waals surface area (Å²) < 4.78 is 27.2. The summed E-state index contributed by atoms with van der Waals surface area (Å²) in [7, 11) is -3.52. The highest BCUT2D eigenvalue weighted by Crippen LogP contribution is 2.26. The van der Waals surface area contributed by atoms with E-state index in [1.807, 2.05) is 26.0 Å². The summed E-state index contributed by atoms with van der Waals surface area (Å²) in [5.41, 5.74) is 0.616. The lowest BCUT2D eigenvalue weighted by Gasteiger charge is -2.11. The number of nitrogens with one attached hydrogen (secondary N) is 1. The van der Waals surface area contributed by atoms with Crippen LogP contribution in [0.3, 0.4) is 0 Å². The fourth-order valence-corrected chi connectivity index (χ4v) is 5.01. The Labute approximate surface area is 120 Å². The molecule has 0 radical (unpaired) electrons. The molecule has 2 aromatic heterocycles. The maximum absolute atomic E-state index is 12.2. The van der Waals surface area contributed by atoms with Crippen LogP contribution in [0, 0.1) is 6.92 Å². The summed E-state index contributed by atoms with van der Waals surface area (Å²) in [5.74, 6) is 0. The highest BCUT2D eigenvalue weighted by Gasteiger charge is 2.21. The normalized spacial score (nSPS) is 13.6. The molecule has 0 aliphatic carbocycles. The summed E-state index contributed by atoms with van der Waals surface area (Å²) in [6.07, 6.45) is 0. The van der Waals surface area contributed by atoms with Crippen LogP contribution in [0.4, 0.5) is 0 Å². The van der Waals surface area contributed by atoms with Crippen molar-refractivity contribution in [1.29, 1.82) is 0 Å². The van der Waals surface area contributed by atoms with Gasteiger partial charge in [0.05, 0.1) is 12.6 Å². The van der Waals surface area contributed by atoms with Crippen molar-refractivity contribution in [2.45, 2.75) is 30.7 Å². The first-order chi connectivity index (χ1) is 8.92. The van der Waals surface area contributed by atoms with Crippen molar-refractivity contribution in [2.75, 3.05) is 0 Å². The van der Waals surface area contributed by atoms with Crippen LogP contribution < -0.4 is 4.72 Å². The molecule has 0 fully saturated rings. The van der Waals surface area contributed by atoms with Crippen LogP contribution in [0.5, 0.6) is 0 Å². The quantitative estimate of drug-likeness (QED) is 0.891. The van der Waals surface area contributed by atoms with Crippen LogP contribution in [0.1, 0.15) is 28.3 Å². The molecule has 2 heterocycles. The number of thiophene rings is 2. The van der Waals surface area contributed by atoms with E-state index in [-0.39, 0.29) is 16.9 Å². The minimum atomic E-state index is -3.52. The largest absolute Gasteiger partial charge is 0.392 e. The minimum absolute atomic E-state index is 0.147. The van der Waals surface area contributed by atoms with Crippen LogP contribution in [-0.2, 0) is 16.6 Å². The standard InChI is InChI=1S/C12H15NO3S3/c1-8-3-4-11(18-8)9(2)13-19(15,16)12-5-10(6-14)7-17-12/h3-5,7,9,13-14H,6H2,1-2H3. The molecule has 0 saturated heterocycles. The molecule has 0 aliphatic rings. The number of sulfonamides is 1. The molecule has 7 heteroatoms. The number of rotatable bonds is 5. The predicted molar refractivity (Wildman–Crippen MR) is 78.0 cm³/mol. The van der Waals surface area contributed by atoms with E-state index in [0.29, 0.717) is 5.56 Å². The molecule has 2 rings (SSSR count). The van der Waals surface area contributed by atoms with Gasteiger partial charge in [-0.1, -0.05) is 0 Å². The number of hydrogen-bond acceptors (Lipinski definition) is 5. The van der Waals surface area contributed by atoms with Gasteiger partial charge in [-0.2, -0.15) is 0 Å². The molecule has 0 aliphatic heterocycles. The third-order valence-electron chi connectivity index (χ3n) is 2.60. The zero-order valence-electron chi connectivity index (χ0n) is 10.6. The van der Waals surface area contributed by atoms with Gasteiger partial charge in [-0.15, -0.1) is 22.7 Å². The van der Waals surface area contributed by atoms with Gasteiger partial charge in [-0.3, -0.25) is 0 Å². The van der Waals surface area contributed by atoms with Gasteiger partial charge in [-0.05, 0) is 43.0 Å². The third-order valence-corrected chi connectivity index (χ3v) is 6.81. The lowest BCUT2D eigenvalue weighted by Crippen LogP contribution is -2.25. The van der Waals surface area contributed by atoms with Crippen LogP contribution in [0.15, 0.2) is 27.8 Å². The Balaban J connectivity index is 2.17. The molecule has 1 atom stereocenters. The van der Waals surface area contributed by atoms with Crippen molar-refractivity contribution in [3.63, 3.8) is 0 Å². The van der Waals surface area contributed by atoms with Crippen molar-refractivity contribution in [1.82, 2.24) is 4.72 Å². The minimum Gasteiger partial charge on any atom is -0.392 e. The van der Waals surface area contributed by atoms with E-state index < -0.39 is 10.0 Å². The maximum atomic E-state index is 12.2. The van der Waals surface area contributed by atoms with Gasteiger partial charge < -0.3 is 5.11 Å². The molecule has 4 nitrogen and oxygen atoms in total. The molecule has 0 bridgehead atoms. The molecular weight excluding hydrogens is 302 g/mol. The van der Waals surface area contributed by atoms with Gasteiger partial charge in [0.15, 0.2) is 0 Å². The molecular formula is C12H15NO3S3. The van der Waals surface area contributed by atoms with Crippen LogP contribution in [0.25, 0.3) is 0 Å². The SMILES string of the molecule is Cc1ccc(C(C)NS(=O)(=O)c2cc(CO)cs2)s1. The van der Waals surface area contributed by atoms with Crippen LogP contribution >= 0.6 is 22.7 Å². The fourth-order valence-electron chi connectivity index (χ4n) is 1.61. The molecule has 0 aromatic carbocycles. The van der Waals surface area contributed by atoms with Gasteiger partial charge in [0.25, 0.3) is 10.0 Å². The molecule has 19 heavy (non-hydrogen) atoms. The highest BCUT2D eigenvalue weighted by atomic mass is 32.2. The molecule has 0 spiro atoms. The summed E-state index contributed by atoms with van der Waals surface area (Å²) in [6, 6.07) is 5.14. The smallest absolute Gasteiger partial charge is 0.250 e. The molecule has 1 unspecified atom stereocenters. The average Bonchev–Trinajstić information content (AvgIpc) is 2.96. The number of aryl methyl sites for hydroxylation is 1. The number of aliphatic hydroxyl groups is 1. The van der Waals surface area contributed by atoms with Gasteiger partial charge in [0, 0.05) is 9.75 Å². The molecule has 0 amide bonds. The Morgan fingerprint density at radius 3 is 2.68 bits per heavy atom. The monoisotopic (exact) mass is 317 g/mol. The van der Waals surface area contributed by atoms with Gasteiger partial charge in [0.2, 0.25) is 0 Å². The molecule has 104 valence electrons. The lowest BCUT2D eigenvalue weighted by molar-refractivity contribution is 0.282. The zero-order chi connectivity index (χ0) is 14.0. The first kappa shape index (κ1) is 14.7. The highest BCUT2D eigenvalue weighted by molar-refractivity contribution is 7.91. The Bertz CT molecular complexity index is 657. The Hall–Kier alpha value is -0.730. The van der Waals surface area contributed by atoms with E-state index in [2.05, 4.69) is 4.72 Å². The van der Waals surface area contributed by atoms with Crippen molar-refractivity contribution in [3.05, 3.63) is 38.9 Å². The topological polar surface area (TPSA) is 66.4 Å². The summed E-state index contributed by atoms with van der Waals surface area (Å²) in [4.78, 5) is 2.14. The summed E-state index contributed by atoms with van der Waals surface area (Å²) in [6.45, 7) is 3.66. The van der Waals surface area contributed by atoms with Crippen molar-refractivity contribution < 1.29 is 13.5 Å². The van der Waals surface area contributed by atoms with Gasteiger partial charge in [0.1, 0.15) is 4.21 Å². The summed E-state index contributed by atoms with van der Waals surface area (Å²) >= 11 is 2.69. The van der Waals surface area contributed by atoms with Crippen LogP contribution in [0.2, 0.25) is 0 Å². The molecule has 2 N–H and O–H groups in total. The van der Waals surface area contributed by atoms with Gasteiger partial charge >= 0.3 is 0 Å². The first-order valence-electron chi connectivity index (χ1n) is 5.69. The molecule has 2 aromatic rings. The predicted octanol–water partition coefficient (Wildman–Crippen LogP) is 2.65. The van der Waals surface area contributed by atoms with E-state index >= 15 is 0 Å². The fraction of sp³-hybridized carbons (Fsp3) is 0.333. The second-order valence-corrected chi connectivity index (χ2v) is 8.40. The maximum Gasteiger partial charge on any atom is 0.250 e. The number of hydrogen-bond donors (Lipinski definition) is 2. The Kier molecular flexibility index (Phi) is 4.42. The lowest BCUT2D eigenvalue weighted by atomic mass is 10.3. The Morgan fingerprint density at radius 2 is 2.16 bits per heavy atom. The second-order valence-electron chi connectivity index (χ2n) is 4.22. The Morgan fingerprint density at radius 1 is 1.42 bits per heavy atom. The van der Waals surface area contributed by atoms with E-state index in [0.717, 1.165) is 21.1 Å². The van der Waals surface area contributed by atoms with Crippen LogP contribution in [-0.4, -0.2) is 13.5 Å². The third kappa shape index (κ3) is 3.43. The summed E-state index contributed by atoms with van der Waals surface area (Å²) in [5, 5.41) is 10.6. The van der Waals surface area contributed by atoms with Crippen molar-refractivity contribution in [2.24, 2.45) is 0 Å². The van der Waals surface area contributed by atoms with Gasteiger partial charge in [-0.25, -0.2) is 13.1 Å². The van der Waals surface area contributed by atoms with Crippen molar-refractivity contribution in [3.8, 4) is 0 Å². The van der Waals surface area contributed by atoms with Crippen molar-refractivity contribution >= 4 is 32.7 Å². The van der Waals surface area contributed by atoms with E-state index in [4.69, 9.17) is 5.11 Å². The second kappa shape index (κ2) is 5.72. The average molecular weight is 317 g/mol. The zero-order valence-corrected chi connectivity index (χ0v) is 13.0. The van der Waals surface area contributed by atoms with E-state index in [1.54, 1.807) is 16.7 Å². The molecule has 0 saturated carbocycles. The first-order valence-corrected chi connectivity index (χ1v) is 8.87. The number of aliphatic hydroxyl groups excluding tert-OH is 1. The van der Waals surface area contributed by atoms with E-state index in [1.165, 1.54) is 6.07 Å². The van der Waals surface area contributed by atoms with E-state index in [9.17, 15) is 8.42 Å².